The number of aryl methyl sites for hydroxylation is 1. The van der Waals surface area contributed by atoms with Gasteiger partial charge in [-0.05, 0) is 54.5 Å². The summed E-state index contributed by atoms with van der Waals surface area (Å²) in [5.41, 5.74) is 12.1. The van der Waals surface area contributed by atoms with Crippen LogP contribution >= 0.6 is 0 Å². The van der Waals surface area contributed by atoms with Gasteiger partial charge in [0.15, 0.2) is 5.96 Å². The number of para-hydroxylation sites is 1. The zero-order chi connectivity index (χ0) is 17.1. The maximum Gasteiger partial charge on any atom is 0.193 e. The summed E-state index contributed by atoms with van der Waals surface area (Å²) in [5, 5.41) is 4.42. The smallest absolute Gasteiger partial charge is 0.193 e. The molecule has 0 fully saturated rings. The summed E-state index contributed by atoms with van der Waals surface area (Å²) in [7, 11) is 0. The number of pyridine rings is 1. The molecule has 1 aromatic heterocycles. The number of benzene rings is 2. The third kappa shape index (κ3) is 3.33. The number of hydrogen-bond donors (Lipinski definition) is 2. The summed E-state index contributed by atoms with van der Waals surface area (Å²) < 4.78 is 0. The van der Waals surface area contributed by atoms with E-state index in [4.69, 9.17) is 5.73 Å². The van der Waals surface area contributed by atoms with E-state index in [1.54, 1.807) is 0 Å². The SMILES string of the molecule is NC(=NCc1cccc2cccnc12)Nc1cccc2c1CCCC2. The van der Waals surface area contributed by atoms with Crippen molar-refractivity contribution in [3.63, 3.8) is 0 Å². The van der Waals surface area contributed by atoms with Gasteiger partial charge in [-0.3, -0.25) is 4.98 Å². The Labute approximate surface area is 147 Å². The number of nitrogens with zero attached hydrogens (tertiary/aromatic N) is 2. The van der Waals surface area contributed by atoms with E-state index in [9.17, 15) is 0 Å². The van der Waals surface area contributed by atoms with Crippen LogP contribution < -0.4 is 11.1 Å². The summed E-state index contributed by atoms with van der Waals surface area (Å²) in [6.07, 6.45) is 6.59. The molecule has 1 heterocycles. The molecule has 4 rings (SSSR count). The molecule has 0 atom stereocenters. The minimum atomic E-state index is 0.451. The predicted octanol–water partition coefficient (Wildman–Crippen LogP) is 4.04. The average molecular weight is 330 g/mol. The van der Waals surface area contributed by atoms with Crippen LogP contribution in [0.3, 0.4) is 0 Å². The van der Waals surface area contributed by atoms with Crippen molar-refractivity contribution in [2.24, 2.45) is 10.7 Å². The van der Waals surface area contributed by atoms with Crippen LogP contribution in [-0.2, 0) is 19.4 Å². The molecule has 3 aromatic rings. The van der Waals surface area contributed by atoms with Gasteiger partial charge in [0.25, 0.3) is 0 Å². The zero-order valence-corrected chi connectivity index (χ0v) is 14.2. The lowest BCUT2D eigenvalue weighted by atomic mass is 9.90. The zero-order valence-electron chi connectivity index (χ0n) is 14.2. The lowest BCUT2D eigenvalue weighted by molar-refractivity contribution is 0.687. The Morgan fingerprint density at radius 3 is 2.84 bits per heavy atom. The van der Waals surface area contributed by atoms with E-state index in [-0.39, 0.29) is 0 Å². The lowest BCUT2D eigenvalue weighted by Gasteiger charge is -2.19. The molecule has 1 aliphatic rings. The molecule has 0 unspecified atom stereocenters. The topological polar surface area (TPSA) is 63.3 Å². The monoisotopic (exact) mass is 330 g/mol. The first-order valence-corrected chi connectivity index (χ1v) is 8.81. The molecule has 0 amide bonds. The van der Waals surface area contributed by atoms with Gasteiger partial charge in [-0.1, -0.05) is 36.4 Å². The molecule has 4 heteroatoms. The van der Waals surface area contributed by atoms with Crippen LogP contribution in [-0.4, -0.2) is 10.9 Å². The van der Waals surface area contributed by atoms with E-state index < -0.39 is 0 Å². The summed E-state index contributed by atoms with van der Waals surface area (Å²) in [4.78, 5) is 9.00. The first-order valence-electron chi connectivity index (χ1n) is 8.81. The van der Waals surface area contributed by atoms with Gasteiger partial charge in [0.05, 0.1) is 12.1 Å². The van der Waals surface area contributed by atoms with Crippen molar-refractivity contribution >= 4 is 22.5 Å². The lowest BCUT2D eigenvalue weighted by Crippen LogP contribution is -2.24. The highest BCUT2D eigenvalue weighted by molar-refractivity contribution is 5.93. The van der Waals surface area contributed by atoms with Crippen molar-refractivity contribution in [2.75, 3.05) is 5.32 Å². The molecule has 0 radical (unpaired) electrons. The van der Waals surface area contributed by atoms with Crippen molar-refractivity contribution in [3.8, 4) is 0 Å². The second kappa shape index (κ2) is 6.93. The second-order valence-corrected chi connectivity index (χ2v) is 6.47. The van der Waals surface area contributed by atoms with Crippen molar-refractivity contribution in [1.82, 2.24) is 4.98 Å². The fourth-order valence-electron chi connectivity index (χ4n) is 3.54. The molecular weight excluding hydrogens is 308 g/mol. The van der Waals surface area contributed by atoms with Gasteiger partial charge in [-0.25, -0.2) is 4.99 Å². The fraction of sp³-hybridized carbons (Fsp3) is 0.238. The second-order valence-electron chi connectivity index (χ2n) is 6.47. The van der Waals surface area contributed by atoms with E-state index in [0.717, 1.165) is 35.0 Å². The van der Waals surface area contributed by atoms with E-state index in [0.29, 0.717) is 12.5 Å². The Morgan fingerprint density at radius 2 is 1.88 bits per heavy atom. The standard InChI is InChI=1S/C21H22N4/c22-21(25-19-12-4-7-15-6-1-2-11-18(15)19)24-14-17-9-3-8-16-10-5-13-23-20(16)17/h3-5,7-10,12-13H,1-2,6,11,14H2,(H3,22,24,25). The number of hydrogen-bond acceptors (Lipinski definition) is 2. The van der Waals surface area contributed by atoms with Crippen LogP contribution in [0.4, 0.5) is 5.69 Å². The first-order chi connectivity index (χ1) is 12.3. The normalized spacial score (nSPS) is 14.3. The van der Waals surface area contributed by atoms with Crippen LogP contribution in [0.1, 0.15) is 29.5 Å². The number of aromatic nitrogens is 1. The molecule has 0 saturated carbocycles. The Kier molecular flexibility index (Phi) is 4.34. The highest BCUT2D eigenvalue weighted by Crippen LogP contribution is 2.27. The van der Waals surface area contributed by atoms with Crippen molar-refractivity contribution in [2.45, 2.75) is 32.2 Å². The van der Waals surface area contributed by atoms with Gasteiger partial charge < -0.3 is 11.1 Å². The molecule has 0 saturated heterocycles. The number of nitrogens with one attached hydrogen (secondary N) is 1. The molecule has 3 N–H and O–H groups in total. The van der Waals surface area contributed by atoms with E-state index in [2.05, 4.69) is 51.7 Å². The van der Waals surface area contributed by atoms with Gasteiger partial charge in [-0.2, -0.15) is 0 Å². The molecular formula is C21H22N4. The molecule has 126 valence electrons. The van der Waals surface area contributed by atoms with Gasteiger partial charge >= 0.3 is 0 Å². The summed E-state index contributed by atoms with van der Waals surface area (Å²) in [6.45, 7) is 0.516. The highest BCUT2D eigenvalue weighted by Gasteiger charge is 2.13. The van der Waals surface area contributed by atoms with Crippen molar-refractivity contribution in [1.29, 1.82) is 0 Å². The van der Waals surface area contributed by atoms with Crippen LogP contribution in [0.2, 0.25) is 0 Å². The van der Waals surface area contributed by atoms with Crippen LogP contribution in [0.25, 0.3) is 10.9 Å². The Balaban J connectivity index is 1.54. The van der Waals surface area contributed by atoms with Crippen LogP contribution in [0.15, 0.2) is 59.7 Å². The van der Waals surface area contributed by atoms with E-state index in [1.807, 2.05) is 18.3 Å². The largest absolute Gasteiger partial charge is 0.370 e. The van der Waals surface area contributed by atoms with Crippen molar-refractivity contribution in [3.05, 3.63) is 71.4 Å². The predicted molar refractivity (Wildman–Crippen MR) is 104 cm³/mol. The molecule has 2 aromatic carbocycles. The number of guanidine groups is 1. The van der Waals surface area contributed by atoms with Gasteiger partial charge in [0, 0.05) is 17.3 Å². The van der Waals surface area contributed by atoms with E-state index in [1.165, 1.54) is 24.0 Å². The average Bonchev–Trinajstić information content (AvgIpc) is 2.66. The molecule has 25 heavy (non-hydrogen) atoms. The highest BCUT2D eigenvalue weighted by atomic mass is 15.1. The Hall–Kier alpha value is -2.88. The number of anilines is 1. The number of fused-ring (bicyclic) bond motifs is 2. The maximum absolute atomic E-state index is 6.15. The Morgan fingerprint density at radius 1 is 1.04 bits per heavy atom. The van der Waals surface area contributed by atoms with Crippen LogP contribution in [0.5, 0.6) is 0 Å². The third-order valence-electron chi connectivity index (χ3n) is 4.79. The quantitative estimate of drug-likeness (QED) is 0.563. The van der Waals surface area contributed by atoms with Crippen LogP contribution in [0, 0.1) is 0 Å². The van der Waals surface area contributed by atoms with Gasteiger partial charge in [-0.15, -0.1) is 0 Å². The minimum absolute atomic E-state index is 0.451. The Bertz CT molecular complexity index is 925. The first kappa shape index (κ1) is 15.6. The molecule has 4 nitrogen and oxygen atoms in total. The summed E-state index contributed by atoms with van der Waals surface area (Å²) in [5.74, 6) is 0.451. The number of rotatable bonds is 3. The third-order valence-corrected chi connectivity index (χ3v) is 4.79. The summed E-state index contributed by atoms with van der Waals surface area (Å²) >= 11 is 0. The van der Waals surface area contributed by atoms with Crippen molar-refractivity contribution < 1.29 is 0 Å². The van der Waals surface area contributed by atoms with Gasteiger partial charge in [0.1, 0.15) is 0 Å². The molecule has 0 aliphatic heterocycles. The summed E-state index contributed by atoms with van der Waals surface area (Å²) in [6, 6.07) is 16.6. The maximum atomic E-state index is 6.15. The fourth-order valence-corrected chi connectivity index (χ4v) is 3.54. The number of nitrogens with two attached hydrogens (primary N) is 1. The molecule has 1 aliphatic carbocycles. The molecule has 0 bridgehead atoms. The van der Waals surface area contributed by atoms with Gasteiger partial charge in [0.2, 0.25) is 0 Å². The van der Waals surface area contributed by atoms with E-state index >= 15 is 0 Å². The number of aliphatic imine (C=N–C) groups is 1. The molecule has 0 spiro atoms. The minimum Gasteiger partial charge on any atom is -0.370 e.